The Bertz CT molecular complexity index is 210. The van der Waals surface area contributed by atoms with E-state index in [0.717, 1.165) is 12.2 Å². The molecule has 13 heavy (non-hydrogen) atoms. The number of rotatable bonds is 8. The predicted molar refractivity (Wildman–Crippen MR) is 70.0 cm³/mol. The Morgan fingerprint density at radius 1 is 1.69 bits per heavy atom. The Labute approximate surface area is 94.4 Å². The van der Waals surface area contributed by atoms with Crippen LogP contribution in [-0.4, -0.2) is 17.9 Å². The molecule has 1 N–H and O–H groups in total. The average Bonchev–Trinajstić information content (AvgIpc) is 2.05. The maximum Gasteiger partial charge on any atom is 0.210 e. The Morgan fingerprint density at radius 2 is 2.38 bits per heavy atom. The minimum atomic E-state index is -1.96. The number of allylic oxidation sites excluding steroid dienone is 1. The van der Waals surface area contributed by atoms with Gasteiger partial charge in [-0.05, 0) is 25.2 Å². The molecule has 0 aromatic rings. The first-order valence-corrected chi connectivity index (χ1v) is 8.68. The van der Waals surface area contributed by atoms with E-state index in [2.05, 4.69) is 11.7 Å². The maximum atomic E-state index is 5.46. The van der Waals surface area contributed by atoms with Crippen molar-refractivity contribution in [3.05, 3.63) is 12.7 Å². The molecule has 0 saturated carbocycles. The van der Waals surface area contributed by atoms with Crippen molar-refractivity contribution in [2.24, 2.45) is 0 Å². The Balaban J connectivity index is 3.98. The van der Waals surface area contributed by atoms with E-state index < -0.39 is 5.62 Å². The Hall–Kier alpha value is 0.590. The highest BCUT2D eigenvalue weighted by molar-refractivity contribution is 8.68. The van der Waals surface area contributed by atoms with Crippen LogP contribution < -0.4 is 5.09 Å². The number of thiocarbonyl (C=S) groups is 1. The summed E-state index contributed by atoms with van der Waals surface area (Å²) < 4.78 is 5.46. The molecule has 0 fully saturated rings. The van der Waals surface area contributed by atoms with Gasteiger partial charge in [0.25, 0.3) is 0 Å². The third-order valence-corrected chi connectivity index (χ3v) is 6.97. The maximum absolute atomic E-state index is 5.46. The molecule has 0 amide bonds. The molecule has 0 heterocycles. The van der Waals surface area contributed by atoms with Gasteiger partial charge in [-0.25, -0.2) is 0 Å². The van der Waals surface area contributed by atoms with Gasteiger partial charge in [-0.1, -0.05) is 29.7 Å². The first kappa shape index (κ1) is 13.6. The molecule has 0 aromatic carbocycles. The highest BCUT2D eigenvalue weighted by atomic mass is 32.9. The summed E-state index contributed by atoms with van der Waals surface area (Å²) >= 11 is 11.6. The SMILES string of the molecule is C=CCCSP(=S)(NC=S)OCC. The normalized spacial score (nSPS) is 14.5. The topological polar surface area (TPSA) is 21.3 Å². The van der Waals surface area contributed by atoms with Crippen LogP contribution in [0.5, 0.6) is 0 Å². The summed E-state index contributed by atoms with van der Waals surface area (Å²) in [5, 5.41) is 2.94. The lowest BCUT2D eigenvalue weighted by Crippen LogP contribution is -2.06. The van der Waals surface area contributed by atoms with E-state index in [-0.39, 0.29) is 0 Å². The molecule has 76 valence electrons. The molecule has 0 radical (unpaired) electrons. The van der Waals surface area contributed by atoms with E-state index in [4.69, 9.17) is 28.5 Å². The zero-order valence-corrected chi connectivity index (χ0v) is 10.9. The van der Waals surface area contributed by atoms with Crippen LogP contribution in [0.15, 0.2) is 12.7 Å². The molecular formula is C7H14NOPS3. The van der Waals surface area contributed by atoms with Gasteiger partial charge in [-0.3, -0.25) is 0 Å². The summed E-state index contributed by atoms with van der Waals surface area (Å²) in [5.41, 5.74) is -0.515. The zero-order valence-electron chi connectivity index (χ0n) is 7.56. The lowest BCUT2D eigenvalue weighted by Gasteiger charge is -2.19. The fraction of sp³-hybridized carbons (Fsp3) is 0.571. The van der Waals surface area contributed by atoms with Crippen LogP contribution in [0.1, 0.15) is 13.3 Å². The second kappa shape index (κ2) is 7.94. The Morgan fingerprint density at radius 3 is 2.85 bits per heavy atom. The van der Waals surface area contributed by atoms with Crippen LogP contribution in [0.4, 0.5) is 0 Å². The molecule has 0 aliphatic rings. The van der Waals surface area contributed by atoms with Gasteiger partial charge in [0.2, 0.25) is 5.62 Å². The molecule has 0 aromatic heterocycles. The highest BCUT2D eigenvalue weighted by Gasteiger charge is 2.14. The van der Waals surface area contributed by atoms with Gasteiger partial charge in [0.05, 0.1) is 12.1 Å². The van der Waals surface area contributed by atoms with Crippen LogP contribution >= 0.6 is 29.2 Å². The van der Waals surface area contributed by atoms with E-state index in [0.29, 0.717) is 6.61 Å². The first-order valence-electron chi connectivity index (χ1n) is 3.90. The lowest BCUT2D eigenvalue weighted by molar-refractivity contribution is 0.383. The van der Waals surface area contributed by atoms with Gasteiger partial charge < -0.3 is 9.61 Å². The molecule has 0 bridgehead atoms. The van der Waals surface area contributed by atoms with Gasteiger partial charge in [-0.2, -0.15) is 0 Å². The van der Waals surface area contributed by atoms with Crippen molar-refractivity contribution < 1.29 is 4.52 Å². The van der Waals surface area contributed by atoms with E-state index in [9.17, 15) is 0 Å². The highest BCUT2D eigenvalue weighted by Crippen LogP contribution is 2.55. The molecule has 0 rings (SSSR count). The molecule has 0 spiro atoms. The van der Waals surface area contributed by atoms with Crippen molar-refractivity contribution in [2.45, 2.75) is 13.3 Å². The van der Waals surface area contributed by atoms with E-state index in [1.165, 1.54) is 5.49 Å². The summed E-state index contributed by atoms with van der Waals surface area (Å²) in [7, 11) is 0. The predicted octanol–water partition coefficient (Wildman–Crippen LogP) is 3.10. The standard InChI is InChI=1S/C7H14NOPS3/c1-3-5-6-13-10(12,8-7-11)9-4-2/h3,7H,1,4-6H2,2H3,(H,8,11,12). The molecule has 0 aliphatic heterocycles. The molecule has 1 unspecified atom stereocenters. The fourth-order valence-corrected chi connectivity index (χ4v) is 5.76. The van der Waals surface area contributed by atoms with Gasteiger partial charge in [0.1, 0.15) is 0 Å². The second-order valence-electron chi connectivity index (χ2n) is 2.07. The van der Waals surface area contributed by atoms with Crippen molar-refractivity contribution in [3.63, 3.8) is 0 Å². The van der Waals surface area contributed by atoms with E-state index >= 15 is 0 Å². The average molecular weight is 255 g/mol. The van der Waals surface area contributed by atoms with E-state index in [1.54, 1.807) is 11.4 Å². The fourth-order valence-electron chi connectivity index (χ4n) is 0.603. The van der Waals surface area contributed by atoms with Crippen LogP contribution in [0.3, 0.4) is 0 Å². The van der Waals surface area contributed by atoms with Gasteiger partial charge in [0.15, 0.2) is 0 Å². The van der Waals surface area contributed by atoms with Crippen LogP contribution in [0, 0.1) is 0 Å². The molecular weight excluding hydrogens is 241 g/mol. The third-order valence-electron chi connectivity index (χ3n) is 1.09. The summed E-state index contributed by atoms with van der Waals surface area (Å²) in [5.74, 6) is 0.928. The van der Waals surface area contributed by atoms with Crippen LogP contribution in [-0.2, 0) is 16.3 Å². The number of hydrogen-bond donors (Lipinski definition) is 1. The summed E-state index contributed by atoms with van der Waals surface area (Å²) in [6, 6.07) is 0. The zero-order chi connectivity index (χ0) is 10.2. The molecule has 2 nitrogen and oxygen atoms in total. The molecule has 6 heteroatoms. The van der Waals surface area contributed by atoms with Crippen molar-refractivity contribution in [3.8, 4) is 0 Å². The van der Waals surface area contributed by atoms with E-state index in [1.807, 2.05) is 13.0 Å². The summed E-state index contributed by atoms with van der Waals surface area (Å²) in [6.45, 7) is 6.20. The van der Waals surface area contributed by atoms with Gasteiger partial charge in [0, 0.05) is 5.75 Å². The van der Waals surface area contributed by atoms with Gasteiger partial charge in [-0.15, -0.1) is 6.58 Å². The Kier molecular flexibility index (Phi) is 8.31. The summed E-state index contributed by atoms with van der Waals surface area (Å²) in [6.07, 6.45) is 2.81. The van der Waals surface area contributed by atoms with Crippen LogP contribution in [0.2, 0.25) is 0 Å². The van der Waals surface area contributed by atoms with Crippen molar-refractivity contribution >= 4 is 46.5 Å². The first-order chi connectivity index (χ1) is 6.18. The molecule has 1 atom stereocenters. The second-order valence-corrected chi connectivity index (χ2v) is 9.04. The molecule has 0 aliphatic carbocycles. The number of nitrogens with one attached hydrogen (secondary N) is 1. The smallest absolute Gasteiger partial charge is 0.210 e. The summed E-state index contributed by atoms with van der Waals surface area (Å²) in [4.78, 5) is 0. The molecule has 0 saturated heterocycles. The largest absolute Gasteiger partial charge is 0.327 e. The van der Waals surface area contributed by atoms with Gasteiger partial charge >= 0.3 is 0 Å². The number of hydrogen-bond acceptors (Lipinski definition) is 4. The monoisotopic (exact) mass is 255 g/mol. The van der Waals surface area contributed by atoms with Crippen LogP contribution in [0.25, 0.3) is 0 Å². The van der Waals surface area contributed by atoms with Crippen molar-refractivity contribution in [2.75, 3.05) is 12.4 Å². The lowest BCUT2D eigenvalue weighted by atomic mass is 10.5. The minimum absolute atomic E-state index is 0.620. The third kappa shape index (κ3) is 6.63. The van der Waals surface area contributed by atoms with Crippen molar-refractivity contribution in [1.82, 2.24) is 5.09 Å². The minimum Gasteiger partial charge on any atom is -0.327 e. The quantitative estimate of drug-likeness (QED) is 0.310. The van der Waals surface area contributed by atoms with Crippen molar-refractivity contribution in [1.29, 1.82) is 0 Å².